The Hall–Kier alpha value is -5.21. The minimum absolute atomic E-state index is 0.0775. The predicted octanol–water partition coefficient (Wildman–Crippen LogP) is 6.90. The van der Waals surface area contributed by atoms with Crippen LogP contribution in [0, 0.1) is 18.2 Å². The number of carbonyl (C=O) groups excluding carboxylic acids is 1. The fourth-order valence-electron chi connectivity index (χ4n) is 8.73. The fraction of sp³-hybridized carbons (Fsp3) is 0.415. The number of nitrogens with zero attached hydrogens (tertiary/aromatic N) is 6. The highest BCUT2D eigenvalue weighted by Gasteiger charge is 2.48. The summed E-state index contributed by atoms with van der Waals surface area (Å²) in [4.78, 5) is 34.0. The molecule has 0 aliphatic carbocycles. The molecule has 4 aromatic rings. The first-order valence-electron chi connectivity index (χ1n) is 17.8. The Balaban J connectivity index is 1.23. The number of piperazine rings is 1. The normalized spacial score (nSPS) is 21.2. The summed E-state index contributed by atoms with van der Waals surface area (Å²) >= 11 is 0. The summed E-state index contributed by atoms with van der Waals surface area (Å²) in [5.41, 5.74) is 2.72. The van der Waals surface area contributed by atoms with Crippen LogP contribution in [0.25, 0.3) is 32.9 Å². The van der Waals surface area contributed by atoms with Crippen molar-refractivity contribution in [2.75, 3.05) is 44.8 Å². The summed E-state index contributed by atoms with van der Waals surface area (Å²) in [6.07, 6.45) is 10.5. The molecule has 2 aromatic heterocycles. The quantitative estimate of drug-likeness (QED) is 0.157. The van der Waals surface area contributed by atoms with Gasteiger partial charge in [0.2, 0.25) is 0 Å². The smallest absolute Gasteiger partial charge is 0.410 e. The van der Waals surface area contributed by atoms with Gasteiger partial charge in [-0.05, 0) is 64.7 Å². The highest BCUT2D eigenvalue weighted by Crippen LogP contribution is 2.44. The third-order valence-corrected chi connectivity index (χ3v) is 10.8. The van der Waals surface area contributed by atoms with E-state index in [0.717, 1.165) is 55.3 Å². The Kier molecular flexibility index (Phi) is 8.14. The van der Waals surface area contributed by atoms with Gasteiger partial charge in [0.1, 0.15) is 35.0 Å². The molecule has 268 valence electrons. The first-order valence-corrected chi connectivity index (χ1v) is 17.8. The monoisotopic (exact) mass is 702 g/mol. The average Bonchev–Trinajstić information content (AvgIpc) is 3.68. The van der Waals surface area contributed by atoms with E-state index >= 15 is 4.39 Å². The van der Waals surface area contributed by atoms with E-state index in [1.807, 2.05) is 43.9 Å². The zero-order chi connectivity index (χ0) is 36.5. The van der Waals surface area contributed by atoms with Crippen molar-refractivity contribution >= 4 is 33.6 Å². The minimum Gasteiger partial charge on any atom is -0.496 e. The van der Waals surface area contributed by atoms with Gasteiger partial charge in [-0.15, -0.1) is 6.42 Å². The molecular formula is C41H43FN6O4. The van der Waals surface area contributed by atoms with Gasteiger partial charge in [0.15, 0.2) is 5.82 Å². The SMILES string of the molecule is C#Cc1cccc2c(OC)ccc(-c3ncc4c(N5CC6CCC(C5)N6C(=O)OC(C)(C)C)nc(OCC56CC(=C)CN5CC(=C)C6)nc4c3F)c12. The number of halogens is 1. The minimum atomic E-state index is -0.608. The summed E-state index contributed by atoms with van der Waals surface area (Å²) in [5.74, 6) is 3.27. The molecule has 2 aromatic carbocycles. The molecule has 10 nitrogen and oxygen atoms in total. The molecule has 0 spiro atoms. The zero-order valence-electron chi connectivity index (χ0n) is 30.2. The van der Waals surface area contributed by atoms with Gasteiger partial charge in [-0.2, -0.15) is 9.97 Å². The number of aromatic nitrogens is 3. The Labute approximate surface area is 303 Å². The second kappa shape index (κ2) is 12.5. The summed E-state index contributed by atoms with van der Waals surface area (Å²) in [5, 5.41) is 1.87. The molecule has 2 atom stereocenters. The Morgan fingerprint density at radius 3 is 2.42 bits per heavy atom. The van der Waals surface area contributed by atoms with Crippen LogP contribution in [-0.2, 0) is 4.74 Å². The van der Waals surface area contributed by atoms with Crippen molar-refractivity contribution in [2.24, 2.45) is 0 Å². The van der Waals surface area contributed by atoms with Crippen molar-refractivity contribution in [3.8, 4) is 35.4 Å². The summed E-state index contributed by atoms with van der Waals surface area (Å²) in [6.45, 7) is 17.0. The van der Waals surface area contributed by atoms with E-state index in [2.05, 4.69) is 28.9 Å². The van der Waals surface area contributed by atoms with Gasteiger partial charge < -0.3 is 19.1 Å². The van der Waals surface area contributed by atoms with Gasteiger partial charge in [-0.1, -0.05) is 42.4 Å². The van der Waals surface area contributed by atoms with E-state index < -0.39 is 11.4 Å². The maximum absolute atomic E-state index is 17.2. The summed E-state index contributed by atoms with van der Waals surface area (Å²) in [6, 6.07) is 9.04. The van der Waals surface area contributed by atoms with Crippen LogP contribution in [0.3, 0.4) is 0 Å². The van der Waals surface area contributed by atoms with Crippen molar-refractivity contribution in [3.63, 3.8) is 0 Å². The van der Waals surface area contributed by atoms with Gasteiger partial charge in [0, 0.05) is 54.3 Å². The molecule has 0 radical (unpaired) electrons. The molecule has 1 amide bonds. The molecule has 8 rings (SSSR count). The van der Waals surface area contributed by atoms with Crippen LogP contribution in [0.15, 0.2) is 60.8 Å². The Bertz CT molecular complexity index is 2170. The van der Waals surface area contributed by atoms with Crippen molar-refractivity contribution < 1.29 is 23.4 Å². The first-order chi connectivity index (χ1) is 24.9. The lowest BCUT2D eigenvalue weighted by atomic mass is 9.92. The lowest BCUT2D eigenvalue weighted by molar-refractivity contribution is 0.0122. The van der Waals surface area contributed by atoms with Crippen LogP contribution in [-0.4, -0.2) is 94.0 Å². The fourth-order valence-corrected chi connectivity index (χ4v) is 8.73. The highest BCUT2D eigenvalue weighted by molar-refractivity contribution is 6.04. The number of ether oxygens (including phenoxy) is 3. The molecule has 11 heteroatoms. The Morgan fingerprint density at radius 2 is 1.77 bits per heavy atom. The van der Waals surface area contributed by atoms with E-state index in [9.17, 15) is 4.79 Å². The largest absolute Gasteiger partial charge is 0.496 e. The number of hydrogen-bond acceptors (Lipinski definition) is 9. The number of rotatable bonds is 6. The maximum atomic E-state index is 17.2. The Morgan fingerprint density at radius 1 is 1.06 bits per heavy atom. The molecule has 2 unspecified atom stereocenters. The molecule has 4 fully saturated rings. The van der Waals surface area contributed by atoms with Gasteiger partial charge in [-0.25, -0.2) is 9.18 Å². The second-order valence-corrected chi connectivity index (χ2v) is 15.6. The average molecular weight is 703 g/mol. The molecule has 4 saturated heterocycles. The van der Waals surface area contributed by atoms with Gasteiger partial charge in [0.05, 0.1) is 30.1 Å². The molecular weight excluding hydrogens is 659 g/mol. The topological polar surface area (TPSA) is 93.2 Å². The van der Waals surface area contributed by atoms with Crippen LogP contribution in [0.2, 0.25) is 0 Å². The number of pyridine rings is 1. The molecule has 0 N–H and O–H groups in total. The molecule has 4 aliphatic rings. The molecule has 2 bridgehead atoms. The number of methoxy groups -OCH3 is 1. The van der Waals surface area contributed by atoms with Crippen LogP contribution >= 0.6 is 0 Å². The highest BCUT2D eigenvalue weighted by atomic mass is 19.1. The number of terminal acetylenes is 1. The van der Waals surface area contributed by atoms with Crippen LogP contribution in [0.4, 0.5) is 15.0 Å². The lowest BCUT2D eigenvalue weighted by Gasteiger charge is -2.42. The maximum Gasteiger partial charge on any atom is 0.410 e. The van der Waals surface area contributed by atoms with E-state index in [-0.39, 0.29) is 40.9 Å². The number of anilines is 1. The van der Waals surface area contributed by atoms with Gasteiger partial charge in [-0.3, -0.25) is 14.8 Å². The van der Waals surface area contributed by atoms with Crippen molar-refractivity contribution in [1.82, 2.24) is 24.8 Å². The number of fused-ring (bicyclic) bond motifs is 5. The third kappa shape index (κ3) is 5.70. The molecule has 6 heterocycles. The predicted molar refractivity (Wildman–Crippen MR) is 199 cm³/mol. The van der Waals surface area contributed by atoms with E-state index in [1.165, 1.54) is 0 Å². The van der Waals surface area contributed by atoms with E-state index in [0.29, 0.717) is 53.2 Å². The third-order valence-electron chi connectivity index (χ3n) is 10.8. The number of carbonyl (C=O) groups is 1. The van der Waals surface area contributed by atoms with Gasteiger partial charge >= 0.3 is 12.1 Å². The number of amides is 1. The van der Waals surface area contributed by atoms with Crippen molar-refractivity contribution in [3.05, 3.63) is 72.2 Å². The first kappa shape index (κ1) is 33.9. The number of benzene rings is 2. The van der Waals surface area contributed by atoms with Crippen LogP contribution in [0.1, 0.15) is 52.0 Å². The molecule has 52 heavy (non-hydrogen) atoms. The second-order valence-electron chi connectivity index (χ2n) is 15.6. The summed E-state index contributed by atoms with van der Waals surface area (Å²) in [7, 11) is 1.59. The molecule has 4 aliphatic heterocycles. The van der Waals surface area contributed by atoms with Crippen LogP contribution in [0.5, 0.6) is 11.8 Å². The van der Waals surface area contributed by atoms with E-state index in [1.54, 1.807) is 25.4 Å². The van der Waals surface area contributed by atoms with Gasteiger partial charge in [0.25, 0.3) is 0 Å². The lowest BCUT2D eigenvalue weighted by Crippen LogP contribution is -2.57. The molecule has 0 saturated carbocycles. The van der Waals surface area contributed by atoms with Crippen molar-refractivity contribution in [1.29, 1.82) is 0 Å². The summed E-state index contributed by atoms with van der Waals surface area (Å²) < 4.78 is 35.0. The number of hydrogen-bond donors (Lipinski definition) is 0. The van der Waals surface area contributed by atoms with Crippen molar-refractivity contribution in [2.45, 2.75) is 69.7 Å². The van der Waals surface area contributed by atoms with Crippen LogP contribution < -0.4 is 14.4 Å². The standard InChI is InChI=1S/C41H43FN6O4/c1-8-26-10-9-11-29-32(50-7)15-14-30(33(26)29)35-34(42)36-31(18-43-35)37(46-21-27-12-13-28(22-46)48(27)39(49)52-40(4,5)6)45-38(44-36)51-23-41-16-24(2)19-47(41)20-25(3)17-41/h1,9-11,14-15,18,27-28H,2-3,12-13,16-17,19-23H2,4-7H3. The zero-order valence-corrected chi connectivity index (χ0v) is 30.2. The van der Waals surface area contributed by atoms with E-state index in [4.69, 9.17) is 35.6 Å².